The van der Waals surface area contributed by atoms with Crippen molar-refractivity contribution in [2.45, 2.75) is 6.92 Å². The molecule has 0 fully saturated rings. The fourth-order valence-electron chi connectivity index (χ4n) is 2.01. The molecule has 0 bridgehead atoms. The number of thiocarbonyl (C=S) groups is 1. The lowest BCUT2D eigenvalue weighted by atomic mass is 10.2. The van der Waals surface area contributed by atoms with Gasteiger partial charge in [0.25, 0.3) is 5.91 Å². The van der Waals surface area contributed by atoms with Crippen molar-refractivity contribution < 1.29 is 14.4 Å². The predicted octanol–water partition coefficient (Wildman–Crippen LogP) is 1.99. The van der Waals surface area contributed by atoms with E-state index in [-0.39, 0.29) is 11.0 Å². The third-order valence-electron chi connectivity index (χ3n) is 3.22. The molecule has 0 atom stereocenters. The van der Waals surface area contributed by atoms with Gasteiger partial charge in [-0.05, 0) is 48.1 Å². The number of carbonyl (C=O) groups excluding carboxylic acids is 3. The van der Waals surface area contributed by atoms with Crippen molar-refractivity contribution >= 4 is 46.8 Å². The molecular weight excluding hydrogens is 364 g/mol. The molecule has 27 heavy (non-hydrogen) atoms. The summed E-state index contributed by atoms with van der Waals surface area (Å²) in [6.07, 6.45) is 2.99. The van der Waals surface area contributed by atoms with Gasteiger partial charge < -0.3 is 5.32 Å². The van der Waals surface area contributed by atoms with E-state index in [1.54, 1.807) is 30.3 Å². The number of amides is 3. The van der Waals surface area contributed by atoms with Gasteiger partial charge >= 0.3 is 0 Å². The molecule has 0 heterocycles. The molecule has 0 saturated carbocycles. The number of carbonyl (C=O) groups is 3. The number of hydrazine groups is 1. The summed E-state index contributed by atoms with van der Waals surface area (Å²) in [5, 5.41) is 4.98. The van der Waals surface area contributed by atoms with E-state index < -0.39 is 11.8 Å². The highest BCUT2D eigenvalue weighted by molar-refractivity contribution is 7.80. The van der Waals surface area contributed by atoms with E-state index in [2.05, 4.69) is 21.5 Å². The minimum Gasteiger partial charge on any atom is -0.326 e. The highest BCUT2D eigenvalue weighted by atomic mass is 32.1. The van der Waals surface area contributed by atoms with Crippen LogP contribution in [0.25, 0.3) is 6.08 Å². The van der Waals surface area contributed by atoms with Crippen molar-refractivity contribution in [1.82, 2.24) is 16.2 Å². The first-order valence-electron chi connectivity index (χ1n) is 7.96. The van der Waals surface area contributed by atoms with Gasteiger partial charge in [-0.3, -0.25) is 30.6 Å². The number of rotatable bonds is 4. The Morgan fingerprint density at radius 1 is 0.926 bits per heavy atom. The summed E-state index contributed by atoms with van der Waals surface area (Å²) in [4.78, 5) is 34.8. The summed E-state index contributed by atoms with van der Waals surface area (Å²) < 4.78 is 0. The Hall–Kier alpha value is -3.52. The van der Waals surface area contributed by atoms with Crippen LogP contribution in [0.3, 0.4) is 0 Å². The third-order valence-corrected chi connectivity index (χ3v) is 3.42. The first kappa shape index (κ1) is 19.8. The van der Waals surface area contributed by atoms with Gasteiger partial charge in [0, 0.05) is 24.3 Å². The number of hydrogen-bond donors (Lipinski definition) is 4. The lowest BCUT2D eigenvalue weighted by Gasteiger charge is -2.10. The van der Waals surface area contributed by atoms with Crippen LogP contribution < -0.4 is 21.5 Å². The molecule has 0 aliphatic rings. The number of benzene rings is 2. The summed E-state index contributed by atoms with van der Waals surface area (Å²) >= 11 is 4.96. The largest absolute Gasteiger partial charge is 0.326 e. The molecule has 0 saturated heterocycles. The van der Waals surface area contributed by atoms with Gasteiger partial charge in [0.15, 0.2) is 5.11 Å². The van der Waals surface area contributed by atoms with Crippen molar-refractivity contribution in [3.8, 4) is 0 Å². The fourth-order valence-corrected chi connectivity index (χ4v) is 2.17. The van der Waals surface area contributed by atoms with E-state index >= 15 is 0 Å². The average molecular weight is 382 g/mol. The zero-order chi connectivity index (χ0) is 19.6. The lowest BCUT2D eigenvalue weighted by molar-refractivity contribution is -0.115. The second kappa shape index (κ2) is 9.83. The Morgan fingerprint density at radius 2 is 1.59 bits per heavy atom. The molecule has 2 aromatic carbocycles. The van der Waals surface area contributed by atoms with Crippen LogP contribution in [0.4, 0.5) is 5.69 Å². The van der Waals surface area contributed by atoms with E-state index in [1.807, 2.05) is 30.3 Å². The molecule has 3 amide bonds. The van der Waals surface area contributed by atoms with Gasteiger partial charge in [-0.25, -0.2) is 0 Å². The van der Waals surface area contributed by atoms with Gasteiger partial charge in [0.1, 0.15) is 0 Å². The first-order valence-corrected chi connectivity index (χ1v) is 8.37. The zero-order valence-electron chi connectivity index (χ0n) is 14.5. The van der Waals surface area contributed by atoms with Gasteiger partial charge in [0.2, 0.25) is 11.8 Å². The van der Waals surface area contributed by atoms with Gasteiger partial charge in [-0.2, -0.15) is 0 Å². The van der Waals surface area contributed by atoms with Crippen molar-refractivity contribution in [3.05, 3.63) is 71.8 Å². The molecule has 0 aliphatic heterocycles. The smallest absolute Gasteiger partial charge is 0.269 e. The Balaban J connectivity index is 1.79. The first-order chi connectivity index (χ1) is 12.9. The molecule has 4 N–H and O–H groups in total. The zero-order valence-corrected chi connectivity index (χ0v) is 15.3. The molecular formula is C19H18N4O3S. The predicted molar refractivity (Wildman–Crippen MR) is 108 cm³/mol. The summed E-state index contributed by atoms with van der Waals surface area (Å²) in [6, 6.07) is 15.6. The molecule has 0 spiro atoms. The van der Waals surface area contributed by atoms with Gasteiger partial charge in [0.05, 0.1) is 0 Å². The monoisotopic (exact) mass is 382 g/mol. The minimum absolute atomic E-state index is 0.0408. The van der Waals surface area contributed by atoms with Crippen LogP contribution in [0.1, 0.15) is 22.8 Å². The Kier molecular flexibility index (Phi) is 7.21. The maximum absolute atomic E-state index is 12.0. The van der Waals surface area contributed by atoms with E-state index in [4.69, 9.17) is 12.2 Å². The molecule has 0 unspecified atom stereocenters. The molecule has 8 heteroatoms. The van der Waals surface area contributed by atoms with Crippen LogP contribution >= 0.6 is 12.2 Å². The summed E-state index contributed by atoms with van der Waals surface area (Å²) in [7, 11) is 0. The Morgan fingerprint density at radius 3 is 2.22 bits per heavy atom. The van der Waals surface area contributed by atoms with Crippen LogP contribution in [0.15, 0.2) is 60.7 Å². The van der Waals surface area contributed by atoms with Crippen molar-refractivity contribution in [2.24, 2.45) is 0 Å². The van der Waals surface area contributed by atoms with Gasteiger partial charge in [-0.15, -0.1) is 0 Å². The quantitative estimate of drug-likeness (QED) is 0.368. The van der Waals surface area contributed by atoms with Crippen LogP contribution in [0.2, 0.25) is 0 Å². The van der Waals surface area contributed by atoms with E-state index in [0.29, 0.717) is 11.3 Å². The average Bonchev–Trinajstić information content (AvgIpc) is 2.65. The molecule has 2 rings (SSSR count). The number of nitrogens with one attached hydrogen (secondary N) is 4. The third kappa shape index (κ3) is 7.09. The normalized spacial score (nSPS) is 10.1. The molecule has 0 radical (unpaired) electrons. The summed E-state index contributed by atoms with van der Waals surface area (Å²) in [5.74, 6) is -1.07. The molecule has 2 aromatic rings. The van der Waals surface area contributed by atoms with Crippen LogP contribution in [0.5, 0.6) is 0 Å². The second-order valence-corrected chi connectivity index (χ2v) is 5.81. The molecule has 0 aromatic heterocycles. The van der Waals surface area contributed by atoms with E-state index in [0.717, 1.165) is 5.56 Å². The van der Waals surface area contributed by atoms with E-state index in [1.165, 1.54) is 13.0 Å². The maximum Gasteiger partial charge on any atom is 0.269 e. The Labute approximate surface area is 161 Å². The molecule has 138 valence electrons. The topological polar surface area (TPSA) is 99.3 Å². The molecule has 0 aliphatic carbocycles. The van der Waals surface area contributed by atoms with Crippen molar-refractivity contribution in [1.29, 1.82) is 0 Å². The summed E-state index contributed by atoms with van der Waals surface area (Å²) in [6.45, 7) is 1.40. The van der Waals surface area contributed by atoms with Gasteiger partial charge in [-0.1, -0.05) is 30.3 Å². The lowest BCUT2D eigenvalue weighted by Crippen LogP contribution is -2.48. The minimum atomic E-state index is -0.444. The SMILES string of the molecule is CC(=O)Nc1ccc(C(=O)NNC(=S)NC(=O)C=Cc2ccccc2)cc1. The van der Waals surface area contributed by atoms with Crippen molar-refractivity contribution in [3.63, 3.8) is 0 Å². The summed E-state index contributed by atoms with van der Waals surface area (Å²) in [5.41, 5.74) is 6.65. The fraction of sp³-hybridized carbons (Fsp3) is 0.0526. The van der Waals surface area contributed by atoms with Crippen LogP contribution in [0, 0.1) is 0 Å². The highest BCUT2D eigenvalue weighted by Gasteiger charge is 2.07. The number of anilines is 1. The standard InChI is InChI=1S/C19H18N4O3S/c1-13(24)20-16-10-8-15(9-11-16)18(26)22-23-19(27)21-17(25)12-7-14-5-3-2-4-6-14/h2-12H,1H3,(H,20,24)(H,22,26)(H2,21,23,25,27). The maximum atomic E-state index is 12.0. The molecule has 7 nitrogen and oxygen atoms in total. The van der Waals surface area contributed by atoms with E-state index in [9.17, 15) is 14.4 Å². The Bertz CT molecular complexity index is 864. The number of hydrogen-bond acceptors (Lipinski definition) is 4. The highest BCUT2D eigenvalue weighted by Crippen LogP contribution is 2.09. The van der Waals surface area contributed by atoms with Crippen LogP contribution in [-0.4, -0.2) is 22.8 Å². The van der Waals surface area contributed by atoms with Crippen molar-refractivity contribution in [2.75, 3.05) is 5.32 Å². The second-order valence-electron chi connectivity index (χ2n) is 5.40. The van der Waals surface area contributed by atoms with Crippen LogP contribution in [-0.2, 0) is 9.59 Å².